The minimum Gasteiger partial charge on any atom is -0.480 e. The summed E-state index contributed by atoms with van der Waals surface area (Å²) in [6.07, 6.45) is 0.270. The zero-order valence-corrected chi connectivity index (χ0v) is 6.53. The normalized spacial score (nSPS) is 11.8. The fraction of sp³-hybridized carbons (Fsp3) is 0.600. The van der Waals surface area contributed by atoms with Crippen LogP contribution in [0.2, 0.25) is 0 Å². The molecule has 70 valence electrons. The van der Waals surface area contributed by atoms with Crippen LogP contribution in [-0.2, 0) is 4.79 Å². The molecule has 7 heteroatoms. The van der Waals surface area contributed by atoms with Crippen molar-refractivity contribution in [3.8, 4) is 0 Å². The second-order valence-electron chi connectivity index (χ2n) is 2.18. The van der Waals surface area contributed by atoms with Crippen LogP contribution in [0.1, 0.15) is 6.42 Å². The number of guanidine groups is 1. The lowest BCUT2D eigenvalue weighted by Gasteiger charge is -2.04. The van der Waals surface area contributed by atoms with Crippen molar-refractivity contribution in [2.45, 2.75) is 12.5 Å². The van der Waals surface area contributed by atoms with E-state index in [1.165, 1.54) is 0 Å². The van der Waals surface area contributed by atoms with Crippen LogP contribution in [0.25, 0.3) is 0 Å². The summed E-state index contributed by atoms with van der Waals surface area (Å²) < 4.78 is 0. The van der Waals surface area contributed by atoms with Crippen molar-refractivity contribution >= 4 is 11.9 Å². The molecule has 8 N–H and O–H groups in total. The Labute approximate surface area is 69.6 Å². The lowest BCUT2D eigenvalue weighted by atomic mass is 10.2. The van der Waals surface area contributed by atoms with E-state index in [0.29, 0.717) is 6.54 Å². The Morgan fingerprint density at radius 3 is 2.58 bits per heavy atom. The molecule has 7 nitrogen and oxygen atoms in total. The maximum Gasteiger partial charge on any atom is 0.320 e. The minimum absolute atomic E-state index is 0.0982. The van der Waals surface area contributed by atoms with Gasteiger partial charge in [0.25, 0.3) is 0 Å². The average molecular weight is 175 g/mol. The molecule has 0 rings (SSSR count). The number of carboxylic acid groups (broad SMARTS) is 1. The number of hydrogen-bond donors (Lipinski definition) is 5. The predicted octanol–water partition coefficient (Wildman–Crippen LogP) is -2.43. The third-order valence-corrected chi connectivity index (χ3v) is 1.09. The van der Waals surface area contributed by atoms with Crippen LogP contribution in [0.5, 0.6) is 0 Å². The number of nitrogens with zero attached hydrogens (tertiary/aromatic N) is 1. The molecule has 0 unspecified atom stereocenters. The van der Waals surface area contributed by atoms with Crippen molar-refractivity contribution in [2.75, 3.05) is 6.54 Å². The number of hydrogen-bond acceptors (Lipinski definition) is 4. The van der Waals surface area contributed by atoms with E-state index >= 15 is 0 Å². The molecule has 0 aliphatic heterocycles. The van der Waals surface area contributed by atoms with Crippen molar-refractivity contribution in [1.82, 2.24) is 5.43 Å². The fourth-order valence-electron chi connectivity index (χ4n) is 0.491. The van der Waals surface area contributed by atoms with Gasteiger partial charge in [-0.05, 0) is 6.42 Å². The molecule has 0 amide bonds. The zero-order chi connectivity index (χ0) is 9.56. The van der Waals surface area contributed by atoms with E-state index < -0.39 is 12.0 Å². The number of hydrazone groups is 1. The molecule has 0 heterocycles. The Morgan fingerprint density at radius 2 is 2.17 bits per heavy atom. The van der Waals surface area contributed by atoms with Gasteiger partial charge in [-0.1, -0.05) is 0 Å². The highest BCUT2D eigenvalue weighted by molar-refractivity contribution is 5.75. The van der Waals surface area contributed by atoms with Crippen LogP contribution < -0.4 is 22.6 Å². The smallest absolute Gasteiger partial charge is 0.320 e. The van der Waals surface area contributed by atoms with Gasteiger partial charge >= 0.3 is 5.97 Å². The summed E-state index contributed by atoms with van der Waals surface area (Å²) in [6.45, 7) is 0.325. The Morgan fingerprint density at radius 1 is 1.58 bits per heavy atom. The molecular weight excluding hydrogens is 162 g/mol. The first kappa shape index (κ1) is 10.5. The average Bonchev–Trinajstić information content (AvgIpc) is 1.97. The van der Waals surface area contributed by atoms with Gasteiger partial charge in [-0.3, -0.25) is 4.79 Å². The Bertz CT molecular complexity index is 177. The van der Waals surface area contributed by atoms with Gasteiger partial charge in [-0.2, -0.15) is 0 Å². The maximum absolute atomic E-state index is 10.2. The molecule has 0 saturated carbocycles. The minimum atomic E-state index is -1.04. The Kier molecular flexibility index (Phi) is 4.54. The molecule has 0 aliphatic carbocycles. The first-order chi connectivity index (χ1) is 5.54. The molecule has 12 heavy (non-hydrogen) atoms. The molecule has 0 radical (unpaired) electrons. The van der Waals surface area contributed by atoms with Gasteiger partial charge in [0.2, 0.25) is 5.96 Å². The van der Waals surface area contributed by atoms with Crippen LogP contribution in [0.3, 0.4) is 0 Å². The molecule has 0 fully saturated rings. The van der Waals surface area contributed by atoms with Crippen molar-refractivity contribution < 1.29 is 9.90 Å². The van der Waals surface area contributed by atoms with Gasteiger partial charge in [0.05, 0.1) is 0 Å². The fourth-order valence-corrected chi connectivity index (χ4v) is 0.491. The number of carboxylic acids is 1. The number of rotatable bonds is 5. The summed E-state index contributed by atoms with van der Waals surface area (Å²) in [5.74, 6) is -1.14. The van der Waals surface area contributed by atoms with E-state index in [1.807, 2.05) is 0 Å². The van der Waals surface area contributed by atoms with Crippen LogP contribution in [0.15, 0.2) is 5.10 Å². The van der Waals surface area contributed by atoms with Crippen LogP contribution >= 0.6 is 0 Å². The quantitative estimate of drug-likeness (QED) is 0.136. The van der Waals surface area contributed by atoms with Gasteiger partial charge in [-0.25, -0.2) is 0 Å². The number of nitrogens with two attached hydrogens (primary N) is 3. The maximum atomic E-state index is 10.2. The third kappa shape index (κ3) is 5.30. The van der Waals surface area contributed by atoms with Crippen LogP contribution in [-0.4, -0.2) is 29.6 Å². The second kappa shape index (κ2) is 5.19. The second-order valence-corrected chi connectivity index (χ2v) is 2.18. The van der Waals surface area contributed by atoms with Crippen molar-refractivity contribution in [2.24, 2.45) is 22.3 Å². The van der Waals surface area contributed by atoms with Gasteiger partial charge in [0, 0.05) is 6.54 Å². The summed E-state index contributed by atoms with van der Waals surface area (Å²) >= 11 is 0. The predicted molar refractivity (Wildman–Crippen MR) is 44.0 cm³/mol. The number of nitrogens with one attached hydrogen (secondary N) is 1. The first-order valence-electron chi connectivity index (χ1n) is 3.34. The molecule has 0 aliphatic rings. The van der Waals surface area contributed by atoms with Gasteiger partial charge in [0.1, 0.15) is 6.04 Å². The molecule has 0 aromatic carbocycles. The SMILES string of the molecule is NC(N)=NNCC[C@H](N)C(=O)O. The molecule has 0 aromatic heterocycles. The first-order valence-corrected chi connectivity index (χ1v) is 3.34. The monoisotopic (exact) mass is 175 g/mol. The highest BCUT2D eigenvalue weighted by Crippen LogP contribution is 1.84. The lowest BCUT2D eigenvalue weighted by molar-refractivity contribution is -0.138. The largest absolute Gasteiger partial charge is 0.480 e. The van der Waals surface area contributed by atoms with Crippen molar-refractivity contribution in [1.29, 1.82) is 0 Å². The Balaban J connectivity index is 3.44. The highest BCUT2D eigenvalue weighted by atomic mass is 16.4. The summed E-state index contributed by atoms with van der Waals surface area (Å²) in [5.41, 5.74) is 17.6. The zero-order valence-electron chi connectivity index (χ0n) is 6.53. The van der Waals surface area contributed by atoms with E-state index in [0.717, 1.165) is 0 Å². The third-order valence-electron chi connectivity index (χ3n) is 1.09. The summed E-state index contributed by atoms with van der Waals surface area (Å²) in [5, 5.41) is 11.8. The topological polar surface area (TPSA) is 140 Å². The van der Waals surface area contributed by atoms with Gasteiger partial charge < -0.3 is 27.7 Å². The van der Waals surface area contributed by atoms with Gasteiger partial charge in [-0.15, -0.1) is 5.10 Å². The van der Waals surface area contributed by atoms with E-state index in [9.17, 15) is 4.79 Å². The van der Waals surface area contributed by atoms with E-state index in [-0.39, 0.29) is 12.4 Å². The molecule has 0 saturated heterocycles. The van der Waals surface area contributed by atoms with Crippen LogP contribution in [0, 0.1) is 0 Å². The number of carbonyl (C=O) groups is 1. The molecule has 0 bridgehead atoms. The molecule has 0 spiro atoms. The summed E-state index contributed by atoms with van der Waals surface area (Å²) in [6, 6.07) is -0.883. The summed E-state index contributed by atoms with van der Waals surface area (Å²) in [7, 11) is 0. The van der Waals surface area contributed by atoms with Gasteiger partial charge in [0.15, 0.2) is 0 Å². The molecule has 0 aromatic rings. The van der Waals surface area contributed by atoms with E-state index in [1.54, 1.807) is 0 Å². The van der Waals surface area contributed by atoms with E-state index in [2.05, 4.69) is 10.5 Å². The summed E-state index contributed by atoms with van der Waals surface area (Å²) in [4.78, 5) is 10.2. The standard InChI is InChI=1S/C5H13N5O2/c6-3(4(11)12)1-2-9-10-5(7)8/h3,9H,1-2,6H2,(H,11,12)(H4,7,8,10)/t3-/m0/s1. The lowest BCUT2D eigenvalue weighted by Crippen LogP contribution is -2.34. The van der Waals surface area contributed by atoms with Crippen LogP contribution in [0.4, 0.5) is 0 Å². The molecule has 1 atom stereocenters. The van der Waals surface area contributed by atoms with E-state index in [4.69, 9.17) is 22.3 Å². The Hall–Kier alpha value is -1.50. The molecular formula is C5H13N5O2. The van der Waals surface area contributed by atoms with Crippen molar-refractivity contribution in [3.05, 3.63) is 0 Å². The highest BCUT2D eigenvalue weighted by Gasteiger charge is 2.09. The number of aliphatic carboxylic acids is 1. The van der Waals surface area contributed by atoms with Crippen molar-refractivity contribution in [3.63, 3.8) is 0 Å².